The molecule has 0 unspecified atom stereocenters. The summed E-state index contributed by atoms with van der Waals surface area (Å²) in [5, 5.41) is 17.9. The first-order valence-corrected chi connectivity index (χ1v) is 5.50. The Morgan fingerprint density at radius 2 is 2.05 bits per heavy atom. The summed E-state index contributed by atoms with van der Waals surface area (Å²) < 4.78 is 9.59. The lowest BCUT2D eigenvalue weighted by Crippen LogP contribution is -2.33. The van der Waals surface area contributed by atoms with Gasteiger partial charge in [-0.2, -0.15) is 0 Å². The molecule has 0 bridgehead atoms. The lowest BCUT2D eigenvalue weighted by Gasteiger charge is -2.13. The van der Waals surface area contributed by atoms with Crippen molar-refractivity contribution < 1.29 is 29.3 Å². The Bertz CT molecular complexity index is 383. The molecule has 0 saturated carbocycles. The van der Waals surface area contributed by atoms with Crippen molar-refractivity contribution in [2.45, 2.75) is 19.1 Å². The van der Waals surface area contributed by atoms with Gasteiger partial charge in [0.2, 0.25) is 0 Å². The van der Waals surface area contributed by atoms with Crippen LogP contribution in [-0.4, -0.2) is 48.1 Å². The molecule has 19 heavy (non-hydrogen) atoms. The molecule has 2 atom stereocenters. The normalized spacial score (nSPS) is 15.0. The number of carbonyl (C=O) groups is 2. The number of aliphatic carboxylic acids is 1. The number of hydrogen-bond donors (Lipinski definition) is 2. The van der Waals surface area contributed by atoms with E-state index in [1.54, 1.807) is 6.92 Å². The lowest BCUT2D eigenvalue weighted by atomic mass is 10.1. The molecule has 0 radical (unpaired) electrons. The highest BCUT2D eigenvalue weighted by atomic mass is 16.5. The van der Waals surface area contributed by atoms with Gasteiger partial charge < -0.3 is 19.7 Å². The van der Waals surface area contributed by atoms with Crippen LogP contribution in [0, 0.1) is 0 Å². The molecular formula is C13H18O6. The molecular weight excluding hydrogens is 252 g/mol. The van der Waals surface area contributed by atoms with Crippen molar-refractivity contribution >= 4 is 11.9 Å². The summed E-state index contributed by atoms with van der Waals surface area (Å²) in [5.41, 5.74) is 0.331. The SMILES string of the molecule is C=CCOC(=O)/C(C)=C/C=C/[C@H](OC)[C@@H](O)C(=O)O. The van der Waals surface area contributed by atoms with Crippen molar-refractivity contribution in [3.63, 3.8) is 0 Å². The van der Waals surface area contributed by atoms with E-state index in [0.29, 0.717) is 5.57 Å². The van der Waals surface area contributed by atoms with Gasteiger partial charge >= 0.3 is 11.9 Å². The Kier molecular flexibility index (Phi) is 8.15. The molecule has 6 heteroatoms. The Morgan fingerprint density at radius 1 is 1.42 bits per heavy atom. The molecule has 0 rings (SSSR count). The van der Waals surface area contributed by atoms with E-state index < -0.39 is 24.1 Å². The van der Waals surface area contributed by atoms with Gasteiger partial charge in [0.25, 0.3) is 0 Å². The molecule has 0 aromatic rings. The quantitative estimate of drug-likeness (QED) is 0.291. The minimum atomic E-state index is -1.66. The monoisotopic (exact) mass is 270 g/mol. The fourth-order valence-electron chi connectivity index (χ4n) is 1.08. The highest BCUT2D eigenvalue weighted by molar-refractivity contribution is 5.88. The number of rotatable bonds is 8. The molecule has 0 aromatic heterocycles. The van der Waals surface area contributed by atoms with Gasteiger partial charge in [0.15, 0.2) is 6.10 Å². The number of carbonyl (C=O) groups excluding carboxylic acids is 1. The minimum absolute atomic E-state index is 0.117. The van der Waals surface area contributed by atoms with Crippen LogP contribution in [-0.2, 0) is 19.1 Å². The number of methoxy groups -OCH3 is 1. The van der Waals surface area contributed by atoms with Gasteiger partial charge in [-0.05, 0) is 6.92 Å². The van der Waals surface area contributed by atoms with Crippen LogP contribution in [0.2, 0.25) is 0 Å². The molecule has 0 amide bonds. The predicted octanol–water partition coefficient (Wildman–Crippen LogP) is 0.679. The molecule has 2 N–H and O–H groups in total. The van der Waals surface area contributed by atoms with Gasteiger partial charge in [-0.1, -0.05) is 30.9 Å². The fourth-order valence-corrected chi connectivity index (χ4v) is 1.08. The van der Waals surface area contributed by atoms with E-state index in [-0.39, 0.29) is 6.61 Å². The van der Waals surface area contributed by atoms with Crippen molar-refractivity contribution in [1.82, 2.24) is 0 Å². The van der Waals surface area contributed by atoms with Crippen LogP contribution in [0.5, 0.6) is 0 Å². The molecule has 6 nitrogen and oxygen atoms in total. The average Bonchev–Trinajstić information content (AvgIpc) is 2.39. The summed E-state index contributed by atoms with van der Waals surface area (Å²) in [6.45, 7) is 5.08. The fraction of sp³-hybridized carbons (Fsp3) is 0.385. The topological polar surface area (TPSA) is 93.1 Å². The van der Waals surface area contributed by atoms with Gasteiger partial charge in [0.05, 0.1) is 0 Å². The smallest absolute Gasteiger partial charge is 0.335 e. The van der Waals surface area contributed by atoms with Crippen LogP contribution in [0.15, 0.2) is 36.5 Å². The van der Waals surface area contributed by atoms with Crippen LogP contribution >= 0.6 is 0 Å². The molecule has 0 aliphatic carbocycles. The molecule has 0 fully saturated rings. The summed E-state index contributed by atoms with van der Waals surface area (Å²) >= 11 is 0. The van der Waals surface area contributed by atoms with Crippen LogP contribution in [0.25, 0.3) is 0 Å². The summed E-state index contributed by atoms with van der Waals surface area (Å²) in [6.07, 6.45) is 2.99. The number of aliphatic hydroxyl groups is 1. The molecule has 0 aliphatic rings. The number of aliphatic hydroxyl groups excluding tert-OH is 1. The second-order valence-electron chi connectivity index (χ2n) is 3.61. The summed E-state index contributed by atoms with van der Waals surface area (Å²) in [5.74, 6) is -1.89. The van der Waals surface area contributed by atoms with Gasteiger partial charge in [-0.15, -0.1) is 0 Å². The van der Waals surface area contributed by atoms with E-state index in [0.717, 1.165) is 0 Å². The number of carboxylic acid groups (broad SMARTS) is 1. The number of esters is 1. The molecule has 0 saturated heterocycles. The van der Waals surface area contributed by atoms with Crippen molar-refractivity contribution in [2.75, 3.05) is 13.7 Å². The number of hydrogen-bond acceptors (Lipinski definition) is 5. The highest BCUT2D eigenvalue weighted by Crippen LogP contribution is 2.03. The second kappa shape index (κ2) is 9.07. The average molecular weight is 270 g/mol. The zero-order valence-electron chi connectivity index (χ0n) is 10.9. The molecule has 0 spiro atoms. The number of carboxylic acids is 1. The van der Waals surface area contributed by atoms with Gasteiger partial charge in [-0.3, -0.25) is 0 Å². The first kappa shape index (κ1) is 17.1. The van der Waals surface area contributed by atoms with Crippen molar-refractivity contribution in [3.8, 4) is 0 Å². The maximum absolute atomic E-state index is 11.3. The van der Waals surface area contributed by atoms with Gasteiger partial charge in [0, 0.05) is 12.7 Å². The zero-order chi connectivity index (χ0) is 14.8. The van der Waals surface area contributed by atoms with Crippen LogP contribution in [0.1, 0.15) is 6.92 Å². The van der Waals surface area contributed by atoms with E-state index in [9.17, 15) is 14.7 Å². The van der Waals surface area contributed by atoms with E-state index in [2.05, 4.69) is 6.58 Å². The van der Waals surface area contributed by atoms with Crippen LogP contribution in [0.3, 0.4) is 0 Å². The third-order valence-electron chi connectivity index (χ3n) is 2.14. The predicted molar refractivity (Wildman–Crippen MR) is 68.5 cm³/mol. The lowest BCUT2D eigenvalue weighted by molar-refractivity contribution is -0.152. The number of ether oxygens (including phenoxy) is 2. The summed E-state index contributed by atoms with van der Waals surface area (Å²) in [4.78, 5) is 21.9. The third kappa shape index (κ3) is 6.54. The second-order valence-corrected chi connectivity index (χ2v) is 3.61. The standard InChI is InChI=1S/C13H18O6/c1-4-8-19-13(17)9(2)6-5-7-10(18-3)11(14)12(15)16/h4-7,10-11,14H,1,8H2,2-3H3,(H,15,16)/b7-5+,9-6+/t10-,11+/m0/s1. The van der Waals surface area contributed by atoms with Crippen molar-refractivity contribution in [1.29, 1.82) is 0 Å². The molecule has 106 valence electrons. The maximum atomic E-state index is 11.3. The van der Waals surface area contributed by atoms with E-state index >= 15 is 0 Å². The van der Waals surface area contributed by atoms with E-state index in [1.807, 2.05) is 0 Å². The molecule has 0 heterocycles. The van der Waals surface area contributed by atoms with Crippen LogP contribution in [0.4, 0.5) is 0 Å². The third-order valence-corrected chi connectivity index (χ3v) is 2.14. The Labute approximate surface area is 111 Å². The van der Waals surface area contributed by atoms with E-state index in [1.165, 1.54) is 31.4 Å². The minimum Gasteiger partial charge on any atom is -0.479 e. The summed E-state index contributed by atoms with van der Waals surface area (Å²) in [6, 6.07) is 0. The number of allylic oxidation sites excluding steroid dienone is 2. The van der Waals surface area contributed by atoms with Crippen LogP contribution < -0.4 is 0 Å². The summed E-state index contributed by atoms with van der Waals surface area (Å²) in [7, 11) is 1.27. The zero-order valence-corrected chi connectivity index (χ0v) is 10.9. The largest absolute Gasteiger partial charge is 0.479 e. The van der Waals surface area contributed by atoms with Gasteiger partial charge in [-0.25, -0.2) is 9.59 Å². The Hall–Kier alpha value is -1.92. The van der Waals surface area contributed by atoms with E-state index in [4.69, 9.17) is 14.6 Å². The Morgan fingerprint density at radius 3 is 2.53 bits per heavy atom. The first-order chi connectivity index (χ1) is 8.93. The highest BCUT2D eigenvalue weighted by Gasteiger charge is 2.22. The Balaban J connectivity index is 4.56. The maximum Gasteiger partial charge on any atom is 0.335 e. The van der Waals surface area contributed by atoms with Crippen molar-refractivity contribution in [2.24, 2.45) is 0 Å². The molecule has 0 aromatic carbocycles. The van der Waals surface area contributed by atoms with Crippen molar-refractivity contribution in [3.05, 3.63) is 36.5 Å². The first-order valence-electron chi connectivity index (χ1n) is 5.50. The molecule has 0 aliphatic heterocycles. The van der Waals surface area contributed by atoms with Gasteiger partial charge in [0.1, 0.15) is 12.7 Å².